The van der Waals surface area contributed by atoms with E-state index in [9.17, 15) is 4.79 Å². The quantitative estimate of drug-likeness (QED) is 0.689. The molecule has 0 fully saturated rings. The number of carbonyl (C=O) groups is 1. The van der Waals surface area contributed by atoms with Crippen LogP contribution in [-0.2, 0) is 9.53 Å². The fourth-order valence-corrected chi connectivity index (χ4v) is 1.49. The molecule has 1 radical (unpaired) electrons. The number of nitrogens with zero attached hydrogens (tertiary/aromatic N) is 1. The van der Waals surface area contributed by atoms with Crippen molar-refractivity contribution in [3.8, 4) is 0 Å². The molecule has 0 amide bonds. The van der Waals surface area contributed by atoms with Gasteiger partial charge in [0.1, 0.15) is 5.70 Å². The van der Waals surface area contributed by atoms with Gasteiger partial charge < -0.3 is 4.74 Å². The third kappa shape index (κ3) is 1.86. The van der Waals surface area contributed by atoms with Gasteiger partial charge in [-0.05, 0) is 31.6 Å². The molecule has 1 heterocycles. The SMILES string of the molecule is CCOC(=O)C1=Cc2ccc(C)cc2[N]1. The maximum Gasteiger partial charge on any atom is 0.356 e. The summed E-state index contributed by atoms with van der Waals surface area (Å²) in [7, 11) is 0. The summed E-state index contributed by atoms with van der Waals surface area (Å²) in [6, 6.07) is 5.91. The number of ether oxygens (including phenoxy) is 1. The molecular weight excluding hydrogens is 190 g/mol. The Labute approximate surface area is 88.8 Å². The number of carbonyl (C=O) groups excluding carboxylic acids is 1. The first-order valence-corrected chi connectivity index (χ1v) is 4.92. The van der Waals surface area contributed by atoms with Gasteiger partial charge in [0.25, 0.3) is 0 Å². The van der Waals surface area contributed by atoms with Crippen molar-refractivity contribution in [1.29, 1.82) is 0 Å². The Morgan fingerprint density at radius 3 is 3.00 bits per heavy atom. The summed E-state index contributed by atoms with van der Waals surface area (Å²) in [5.74, 6) is -0.355. The molecule has 0 unspecified atom stereocenters. The van der Waals surface area contributed by atoms with E-state index in [1.54, 1.807) is 13.0 Å². The average Bonchev–Trinajstić information content (AvgIpc) is 2.60. The smallest absolute Gasteiger partial charge is 0.356 e. The highest BCUT2D eigenvalue weighted by atomic mass is 16.5. The molecule has 0 saturated heterocycles. The maximum atomic E-state index is 11.4. The van der Waals surface area contributed by atoms with Crippen molar-refractivity contribution >= 4 is 17.7 Å². The normalized spacial score (nSPS) is 12.8. The second-order valence-corrected chi connectivity index (χ2v) is 3.42. The fourth-order valence-electron chi connectivity index (χ4n) is 1.49. The molecule has 0 aliphatic carbocycles. The van der Waals surface area contributed by atoms with Crippen molar-refractivity contribution in [1.82, 2.24) is 5.32 Å². The van der Waals surface area contributed by atoms with E-state index in [4.69, 9.17) is 4.74 Å². The molecule has 77 valence electrons. The molecule has 3 nitrogen and oxygen atoms in total. The largest absolute Gasteiger partial charge is 0.461 e. The van der Waals surface area contributed by atoms with Crippen LogP contribution >= 0.6 is 0 Å². The topological polar surface area (TPSA) is 40.4 Å². The molecule has 0 saturated carbocycles. The lowest BCUT2D eigenvalue weighted by Gasteiger charge is -2.02. The third-order valence-corrected chi connectivity index (χ3v) is 2.20. The molecule has 0 N–H and O–H groups in total. The molecule has 0 bridgehead atoms. The van der Waals surface area contributed by atoms with Crippen LogP contribution in [0, 0.1) is 6.92 Å². The van der Waals surface area contributed by atoms with Crippen LogP contribution in [0.2, 0.25) is 0 Å². The summed E-state index contributed by atoms with van der Waals surface area (Å²) >= 11 is 0. The van der Waals surface area contributed by atoms with Crippen molar-refractivity contribution in [2.75, 3.05) is 6.61 Å². The number of hydrogen-bond donors (Lipinski definition) is 0. The first-order chi connectivity index (χ1) is 7.20. The predicted molar refractivity (Wildman–Crippen MR) is 57.6 cm³/mol. The first-order valence-electron chi connectivity index (χ1n) is 4.92. The van der Waals surface area contributed by atoms with Crippen LogP contribution in [0.5, 0.6) is 0 Å². The van der Waals surface area contributed by atoms with Gasteiger partial charge in [-0.25, -0.2) is 10.1 Å². The van der Waals surface area contributed by atoms with E-state index in [0.717, 1.165) is 16.8 Å². The van der Waals surface area contributed by atoms with Crippen molar-refractivity contribution in [2.45, 2.75) is 13.8 Å². The van der Waals surface area contributed by atoms with Gasteiger partial charge in [0.2, 0.25) is 0 Å². The van der Waals surface area contributed by atoms with Gasteiger partial charge in [-0.3, -0.25) is 0 Å². The lowest BCUT2D eigenvalue weighted by Crippen LogP contribution is -2.11. The van der Waals surface area contributed by atoms with Gasteiger partial charge in [-0.1, -0.05) is 12.1 Å². The van der Waals surface area contributed by atoms with E-state index in [1.807, 2.05) is 25.1 Å². The number of benzene rings is 1. The first kappa shape index (κ1) is 9.77. The van der Waals surface area contributed by atoms with Crippen LogP contribution < -0.4 is 5.32 Å². The highest BCUT2D eigenvalue weighted by Crippen LogP contribution is 2.28. The van der Waals surface area contributed by atoms with Crippen LogP contribution in [0.1, 0.15) is 18.1 Å². The van der Waals surface area contributed by atoms with E-state index >= 15 is 0 Å². The molecule has 1 aliphatic heterocycles. The molecule has 0 aromatic heterocycles. The Hall–Kier alpha value is -1.77. The maximum absolute atomic E-state index is 11.4. The molecule has 3 heteroatoms. The molecule has 0 atom stereocenters. The zero-order chi connectivity index (χ0) is 10.8. The second-order valence-electron chi connectivity index (χ2n) is 3.42. The Bertz CT molecular complexity index is 435. The number of rotatable bonds is 2. The molecular formula is C12H12NO2. The highest BCUT2D eigenvalue weighted by molar-refractivity contribution is 5.97. The Morgan fingerprint density at radius 1 is 1.47 bits per heavy atom. The third-order valence-electron chi connectivity index (χ3n) is 2.20. The lowest BCUT2D eigenvalue weighted by atomic mass is 10.1. The number of fused-ring (bicyclic) bond motifs is 1. The van der Waals surface area contributed by atoms with Crippen molar-refractivity contribution in [2.24, 2.45) is 0 Å². The monoisotopic (exact) mass is 202 g/mol. The summed E-state index contributed by atoms with van der Waals surface area (Å²) < 4.78 is 4.89. The Kier molecular flexibility index (Phi) is 2.46. The molecule has 0 spiro atoms. The minimum absolute atomic E-state index is 0.355. The summed E-state index contributed by atoms with van der Waals surface area (Å²) in [4.78, 5) is 11.4. The van der Waals surface area contributed by atoms with Crippen molar-refractivity contribution in [3.05, 3.63) is 35.0 Å². The van der Waals surface area contributed by atoms with Crippen LogP contribution in [0.25, 0.3) is 6.08 Å². The zero-order valence-corrected chi connectivity index (χ0v) is 8.78. The van der Waals surface area contributed by atoms with Crippen LogP contribution in [0.3, 0.4) is 0 Å². The summed E-state index contributed by atoms with van der Waals surface area (Å²) in [6.45, 7) is 4.16. The van der Waals surface area contributed by atoms with Crippen LogP contribution in [0.4, 0.5) is 5.69 Å². The molecule has 1 aliphatic rings. The minimum Gasteiger partial charge on any atom is -0.461 e. The van der Waals surface area contributed by atoms with Crippen molar-refractivity contribution in [3.63, 3.8) is 0 Å². The summed E-state index contributed by atoms with van der Waals surface area (Å²) in [5, 5.41) is 4.22. The zero-order valence-electron chi connectivity index (χ0n) is 8.78. The van der Waals surface area contributed by atoms with Crippen molar-refractivity contribution < 1.29 is 9.53 Å². The number of esters is 1. The van der Waals surface area contributed by atoms with Gasteiger partial charge in [0.05, 0.1) is 12.3 Å². The summed E-state index contributed by atoms with van der Waals surface area (Å²) in [6.07, 6.45) is 1.76. The lowest BCUT2D eigenvalue weighted by molar-refractivity contribution is -0.138. The minimum atomic E-state index is -0.355. The van der Waals surface area contributed by atoms with Gasteiger partial charge in [-0.15, -0.1) is 0 Å². The fraction of sp³-hybridized carbons (Fsp3) is 0.250. The van der Waals surface area contributed by atoms with E-state index in [-0.39, 0.29) is 5.97 Å². The van der Waals surface area contributed by atoms with E-state index < -0.39 is 0 Å². The van der Waals surface area contributed by atoms with Crippen LogP contribution in [-0.4, -0.2) is 12.6 Å². The van der Waals surface area contributed by atoms with Gasteiger partial charge in [0.15, 0.2) is 0 Å². The van der Waals surface area contributed by atoms with E-state index in [0.29, 0.717) is 12.3 Å². The standard InChI is InChI=1S/C12H12NO2/c1-3-15-12(14)11-7-9-5-4-8(2)6-10(9)13-11/h4-7H,3H2,1-2H3. The van der Waals surface area contributed by atoms with Crippen LogP contribution in [0.15, 0.2) is 23.9 Å². The number of hydrogen-bond acceptors (Lipinski definition) is 2. The van der Waals surface area contributed by atoms with Gasteiger partial charge in [-0.2, -0.15) is 0 Å². The molecule has 15 heavy (non-hydrogen) atoms. The number of aryl methyl sites for hydroxylation is 1. The highest BCUT2D eigenvalue weighted by Gasteiger charge is 2.20. The molecule has 1 aromatic rings. The van der Waals surface area contributed by atoms with Gasteiger partial charge >= 0.3 is 5.97 Å². The van der Waals surface area contributed by atoms with E-state index in [1.165, 1.54) is 0 Å². The molecule has 2 rings (SSSR count). The summed E-state index contributed by atoms with van der Waals surface area (Å²) in [5.41, 5.74) is 3.34. The van der Waals surface area contributed by atoms with Gasteiger partial charge in [0, 0.05) is 5.56 Å². The Balaban J connectivity index is 2.21. The van der Waals surface area contributed by atoms with E-state index in [2.05, 4.69) is 5.32 Å². The predicted octanol–water partition coefficient (Wildman–Crippen LogP) is 2.15. The average molecular weight is 202 g/mol. The molecule has 1 aromatic carbocycles. The Morgan fingerprint density at radius 2 is 2.27 bits per heavy atom. The second kappa shape index (κ2) is 3.77.